The fourth-order valence-electron chi connectivity index (χ4n) is 3.74. The molecule has 0 spiro atoms. The molecule has 2 aliphatic rings. The van der Waals surface area contributed by atoms with Crippen LogP contribution in [0.25, 0.3) is 0 Å². The van der Waals surface area contributed by atoms with Crippen LogP contribution < -0.4 is 5.32 Å². The van der Waals surface area contributed by atoms with E-state index in [1.807, 2.05) is 7.05 Å². The van der Waals surface area contributed by atoms with Gasteiger partial charge in [-0.1, -0.05) is 24.3 Å². The minimum Gasteiger partial charge on any atom is -0.316 e. The predicted molar refractivity (Wildman–Crippen MR) is 83.7 cm³/mol. The number of benzene rings is 1. The van der Waals surface area contributed by atoms with Crippen LogP contribution in [0.3, 0.4) is 0 Å². The molecule has 3 nitrogen and oxygen atoms in total. The maximum Gasteiger partial charge on any atom is 0.0237 e. The van der Waals surface area contributed by atoms with Gasteiger partial charge in [0, 0.05) is 38.3 Å². The Balaban J connectivity index is 1.66. The minimum absolute atomic E-state index is 0.678. The Morgan fingerprint density at radius 1 is 1.25 bits per heavy atom. The van der Waals surface area contributed by atoms with Crippen molar-refractivity contribution in [3.05, 3.63) is 35.4 Å². The van der Waals surface area contributed by atoms with Gasteiger partial charge in [0.05, 0.1) is 0 Å². The van der Waals surface area contributed by atoms with Crippen molar-refractivity contribution in [2.24, 2.45) is 0 Å². The van der Waals surface area contributed by atoms with Crippen LogP contribution in [-0.4, -0.2) is 48.6 Å². The SMILES string of the molecule is CNCc1cccc(CN2CC3CCCN3CC2C)c1. The molecule has 110 valence electrons. The lowest BCUT2D eigenvalue weighted by Gasteiger charge is -2.42. The first-order valence-electron chi connectivity index (χ1n) is 7.97. The number of nitrogens with zero attached hydrogens (tertiary/aromatic N) is 2. The third-order valence-electron chi connectivity index (χ3n) is 4.82. The maximum absolute atomic E-state index is 3.23. The molecule has 3 heteroatoms. The van der Waals surface area contributed by atoms with Crippen molar-refractivity contribution in [2.45, 2.75) is 44.9 Å². The number of hydrogen-bond acceptors (Lipinski definition) is 3. The van der Waals surface area contributed by atoms with Crippen LogP contribution >= 0.6 is 0 Å². The van der Waals surface area contributed by atoms with Gasteiger partial charge in [0.2, 0.25) is 0 Å². The van der Waals surface area contributed by atoms with E-state index < -0.39 is 0 Å². The van der Waals surface area contributed by atoms with Gasteiger partial charge < -0.3 is 5.32 Å². The second-order valence-corrected chi connectivity index (χ2v) is 6.42. The molecule has 0 saturated carbocycles. The number of fused-ring (bicyclic) bond motifs is 1. The Kier molecular flexibility index (Phi) is 4.39. The van der Waals surface area contributed by atoms with Gasteiger partial charge in [0.15, 0.2) is 0 Å². The van der Waals surface area contributed by atoms with E-state index in [-0.39, 0.29) is 0 Å². The molecule has 1 aromatic carbocycles. The Morgan fingerprint density at radius 3 is 2.95 bits per heavy atom. The van der Waals surface area contributed by atoms with Gasteiger partial charge in [-0.15, -0.1) is 0 Å². The summed E-state index contributed by atoms with van der Waals surface area (Å²) in [5.41, 5.74) is 2.84. The van der Waals surface area contributed by atoms with Crippen LogP contribution in [0.1, 0.15) is 30.9 Å². The topological polar surface area (TPSA) is 18.5 Å². The third kappa shape index (κ3) is 3.05. The molecular formula is C17H27N3. The molecule has 0 amide bonds. The molecule has 3 rings (SSSR count). The van der Waals surface area contributed by atoms with Crippen LogP contribution in [0, 0.1) is 0 Å². The first kappa shape index (κ1) is 14.1. The smallest absolute Gasteiger partial charge is 0.0237 e. The summed E-state index contributed by atoms with van der Waals surface area (Å²) in [7, 11) is 2.01. The van der Waals surface area contributed by atoms with Crippen molar-refractivity contribution in [3.63, 3.8) is 0 Å². The predicted octanol–water partition coefficient (Wildman–Crippen LogP) is 2.07. The number of piperazine rings is 1. The maximum atomic E-state index is 3.23. The number of hydrogen-bond donors (Lipinski definition) is 1. The largest absolute Gasteiger partial charge is 0.316 e. The molecule has 1 N–H and O–H groups in total. The number of rotatable bonds is 4. The zero-order chi connectivity index (χ0) is 13.9. The molecule has 20 heavy (non-hydrogen) atoms. The van der Waals surface area contributed by atoms with Crippen LogP contribution in [0.5, 0.6) is 0 Å². The third-order valence-corrected chi connectivity index (χ3v) is 4.82. The molecule has 1 aromatic rings. The number of nitrogens with one attached hydrogen (secondary N) is 1. The molecule has 0 aliphatic carbocycles. The highest BCUT2D eigenvalue weighted by atomic mass is 15.3. The van der Waals surface area contributed by atoms with E-state index in [9.17, 15) is 0 Å². The molecule has 0 aromatic heterocycles. The lowest BCUT2D eigenvalue weighted by molar-refractivity contribution is 0.0540. The second kappa shape index (κ2) is 6.25. The van der Waals surface area contributed by atoms with Gasteiger partial charge in [0.1, 0.15) is 0 Å². The van der Waals surface area contributed by atoms with Gasteiger partial charge in [-0.05, 0) is 44.5 Å². The zero-order valence-electron chi connectivity index (χ0n) is 12.8. The summed E-state index contributed by atoms with van der Waals surface area (Å²) in [6.45, 7) is 8.26. The lowest BCUT2D eigenvalue weighted by Crippen LogP contribution is -2.54. The van der Waals surface area contributed by atoms with Crippen molar-refractivity contribution in [1.82, 2.24) is 15.1 Å². The first-order valence-corrected chi connectivity index (χ1v) is 7.97. The fraction of sp³-hybridized carbons (Fsp3) is 0.647. The molecule has 2 atom stereocenters. The van der Waals surface area contributed by atoms with Crippen molar-refractivity contribution in [1.29, 1.82) is 0 Å². The molecule has 0 bridgehead atoms. The molecule has 2 saturated heterocycles. The van der Waals surface area contributed by atoms with Crippen molar-refractivity contribution < 1.29 is 0 Å². The normalized spacial score (nSPS) is 27.7. The molecule has 2 heterocycles. The van der Waals surface area contributed by atoms with Crippen LogP contribution in [0.15, 0.2) is 24.3 Å². The molecule has 0 radical (unpaired) electrons. The summed E-state index contributed by atoms with van der Waals surface area (Å²) >= 11 is 0. The van der Waals surface area contributed by atoms with Gasteiger partial charge in [-0.3, -0.25) is 9.80 Å². The Hall–Kier alpha value is -0.900. The minimum atomic E-state index is 0.678. The monoisotopic (exact) mass is 273 g/mol. The van der Waals surface area contributed by atoms with E-state index in [1.54, 1.807) is 0 Å². The van der Waals surface area contributed by atoms with Crippen LogP contribution in [0.2, 0.25) is 0 Å². The lowest BCUT2D eigenvalue weighted by atomic mass is 10.1. The van der Waals surface area contributed by atoms with Crippen LogP contribution in [-0.2, 0) is 13.1 Å². The summed E-state index contributed by atoms with van der Waals surface area (Å²) in [5, 5.41) is 3.23. The fourth-order valence-corrected chi connectivity index (χ4v) is 3.74. The summed E-state index contributed by atoms with van der Waals surface area (Å²) in [4.78, 5) is 5.36. The Bertz CT molecular complexity index is 446. The van der Waals surface area contributed by atoms with E-state index in [0.29, 0.717) is 6.04 Å². The highest BCUT2D eigenvalue weighted by Crippen LogP contribution is 2.25. The Morgan fingerprint density at radius 2 is 2.10 bits per heavy atom. The highest BCUT2D eigenvalue weighted by molar-refractivity contribution is 5.23. The van der Waals surface area contributed by atoms with E-state index in [4.69, 9.17) is 0 Å². The molecule has 2 aliphatic heterocycles. The van der Waals surface area contributed by atoms with E-state index >= 15 is 0 Å². The Labute approximate surface area is 123 Å². The summed E-state index contributed by atoms with van der Waals surface area (Å²) in [6, 6.07) is 10.5. The molecule has 2 unspecified atom stereocenters. The average molecular weight is 273 g/mol. The van der Waals surface area contributed by atoms with Crippen molar-refractivity contribution in [2.75, 3.05) is 26.7 Å². The first-order chi connectivity index (χ1) is 9.76. The summed E-state index contributed by atoms with van der Waals surface area (Å²) < 4.78 is 0. The molecule has 2 fully saturated rings. The van der Waals surface area contributed by atoms with E-state index in [1.165, 1.54) is 43.6 Å². The summed E-state index contributed by atoms with van der Waals surface area (Å²) in [6.07, 6.45) is 2.78. The van der Waals surface area contributed by atoms with Gasteiger partial charge in [-0.25, -0.2) is 0 Å². The van der Waals surface area contributed by atoms with Gasteiger partial charge in [0.25, 0.3) is 0 Å². The van der Waals surface area contributed by atoms with Crippen molar-refractivity contribution >= 4 is 0 Å². The summed E-state index contributed by atoms with van der Waals surface area (Å²) in [5.74, 6) is 0. The highest BCUT2D eigenvalue weighted by Gasteiger charge is 2.34. The van der Waals surface area contributed by atoms with Gasteiger partial charge in [-0.2, -0.15) is 0 Å². The quantitative estimate of drug-likeness (QED) is 0.906. The standard InChI is InChI=1S/C17H27N3/c1-14-11-19-8-4-7-17(19)13-20(14)12-16-6-3-5-15(9-16)10-18-2/h3,5-6,9,14,17-18H,4,7-8,10-13H2,1-2H3. The van der Waals surface area contributed by atoms with E-state index in [0.717, 1.165) is 19.1 Å². The molecular weight excluding hydrogens is 246 g/mol. The second-order valence-electron chi connectivity index (χ2n) is 6.42. The zero-order valence-corrected chi connectivity index (χ0v) is 12.8. The van der Waals surface area contributed by atoms with E-state index in [2.05, 4.69) is 46.3 Å². The van der Waals surface area contributed by atoms with Crippen molar-refractivity contribution in [3.8, 4) is 0 Å². The average Bonchev–Trinajstić information content (AvgIpc) is 2.87. The van der Waals surface area contributed by atoms with Gasteiger partial charge >= 0.3 is 0 Å². The van der Waals surface area contributed by atoms with Crippen LogP contribution in [0.4, 0.5) is 0 Å².